The summed E-state index contributed by atoms with van der Waals surface area (Å²) in [4.78, 5) is 0. The second-order valence-electron chi connectivity index (χ2n) is 6.75. The van der Waals surface area contributed by atoms with Gasteiger partial charge in [-0.25, -0.2) is 0 Å². The van der Waals surface area contributed by atoms with E-state index < -0.39 is 0 Å². The van der Waals surface area contributed by atoms with Crippen LogP contribution in [0.1, 0.15) is 50.7 Å². The normalized spacial score (nSPS) is 14.0. The smallest absolute Gasteiger partial charge is 0.0388 e. The second kappa shape index (κ2) is 8.15. The molecular weight excluding hydrogens is 304 g/mol. The molecule has 0 heterocycles. The molecule has 0 saturated heterocycles. The zero-order valence-electron chi connectivity index (χ0n) is 15.4. The Balaban J connectivity index is 1.92. The van der Waals surface area contributed by atoms with Crippen molar-refractivity contribution < 1.29 is 0 Å². The molecule has 3 rings (SSSR count). The minimum Gasteiger partial charge on any atom is -0.359 e. The monoisotopic (exact) mass is 332 g/mol. The van der Waals surface area contributed by atoms with E-state index in [0.29, 0.717) is 0 Å². The lowest BCUT2D eigenvalue weighted by Crippen LogP contribution is -2.04. The van der Waals surface area contributed by atoms with Crippen LogP contribution >= 0.6 is 0 Å². The number of nitrogens with one attached hydrogen (secondary N) is 2. The van der Waals surface area contributed by atoms with E-state index in [9.17, 15) is 0 Å². The number of hydrogen-bond acceptors (Lipinski definition) is 2. The summed E-state index contributed by atoms with van der Waals surface area (Å²) in [6.45, 7) is 4.31. The maximum Gasteiger partial charge on any atom is 0.0388 e. The van der Waals surface area contributed by atoms with Gasteiger partial charge in [-0.3, -0.25) is 0 Å². The predicted molar refractivity (Wildman–Crippen MR) is 109 cm³/mol. The molecule has 0 spiro atoms. The Morgan fingerprint density at radius 3 is 2.72 bits per heavy atom. The molecule has 2 N–H and O–H groups in total. The molecule has 1 aliphatic rings. The number of allylic oxidation sites excluding steroid dienone is 2. The van der Waals surface area contributed by atoms with Gasteiger partial charge in [0.1, 0.15) is 0 Å². The summed E-state index contributed by atoms with van der Waals surface area (Å²) in [5.74, 6) is 0. The Bertz CT molecular complexity index is 786. The molecule has 2 aromatic rings. The van der Waals surface area contributed by atoms with Gasteiger partial charge in [-0.15, -0.1) is 0 Å². The van der Waals surface area contributed by atoms with E-state index in [1.54, 1.807) is 0 Å². The summed E-state index contributed by atoms with van der Waals surface area (Å²) >= 11 is 0. The summed E-state index contributed by atoms with van der Waals surface area (Å²) in [5.41, 5.74) is 9.08. The summed E-state index contributed by atoms with van der Waals surface area (Å²) in [6, 6.07) is 15.4. The van der Waals surface area contributed by atoms with Crippen molar-refractivity contribution in [3.63, 3.8) is 0 Å². The fourth-order valence-corrected chi connectivity index (χ4v) is 3.80. The van der Waals surface area contributed by atoms with Crippen LogP contribution in [0.2, 0.25) is 0 Å². The number of anilines is 1. The Hall–Kier alpha value is -2.35. The first-order chi connectivity index (χ1) is 12.3. The third-order valence-corrected chi connectivity index (χ3v) is 5.05. The SMILES string of the molecule is CCC/C(C=N)=C(\CC)Nc1cccc(-c2cccc3c2CCC3)c1. The third-order valence-electron chi connectivity index (χ3n) is 5.05. The lowest BCUT2D eigenvalue weighted by atomic mass is 9.96. The lowest BCUT2D eigenvalue weighted by molar-refractivity contribution is 0.911. The van der Waals surface area contributed by atoms with Crippen molar-refractivity contribution in [3.05, 3.63) is 64.9 Å². The third kappa shape index (κ3) is 3.84. The maximum atomic E-state index is 7.70. The van der Waals surface area contributed by atoms with E-state index in [-0.39, 0.29) is 0 Å². The van der Waals surface area contributed by atoms with Crippen LogP contribution in [-0.4, -0.2) is 6.21 Å². The minimum atomic E-state index is 0.912. The maximum absolute atomic E-state index is 7.70. The lowest BCUT2D eigenvalue weighted by Gasteiger charge is -2.15. The van der Waals surface area contributed by atoms with Gasteiger partial charge in [-0.2, -0.15) is 0 Å². The summed E-state index contributed by atoms with van der Waals surface area (Å²) in [5, 5.41) is 11.3. The molecule has 0 aliphatic heterocycles. The number of hydrogen-bond donors (Lipinski definition) is 2. The topological polar surface area (TPSA) is 35.9 Å². The molecule has 0 unspecified atom stereocenters. The van der Waals surface area contributed by atoms with Gasteiger partial charge in [-0.05, 0) is 72.1 Å². The molecule has 130 valence electrons. The van der Waals surface area contributed by atoms with Crippen molar-refractivity contribution in [2.24, 2.45) is 0 Å². The molecule has 0 fully saturated rings. The van der Waals surface area contributed by atoms with Crippen LogP contribution in [-0.2, 0) is 12.8 Å². The molecule has 1 aliphatic carbocycles. The number of benzene rings is 2. The van der Waals surface area contributed by atoms with Crippen molar-refractivity contribution in [2.45, 2.75) is 52.4 Å². The van der Waals surface area contributed by atoms with E-state index >= 15 is 0 Å². The number of rotatable bonds is 7. The molecule has 2 heteroatoms. The van der Waals surface area contributed by atoms with Crippen molar-refractivity contribution in [1.29, 1.82) is 5.41 Å². The van der Waals surface area contributed by atoms with Crippen LogP contribution in [0.5, 0.6) is 0 Å². The molecule has 0 aromatic heterocycles. The van der Waals surface area contributed by atoms with Crippen LogP contribution in [0, 0.1) is 5.41 Å². The van der Waals surface area contributed by atoms with Crippen molar-refractivity contribution in [3.8, 4) is 11.1 Å². The van der Waals surface area contributed by atoms with Gasteiger partial charge in [0.05, 0.1) is 0 Å². The highest BCUT2D eigenvalue weighted by atomic mass is 14.9. The Morgan fingerprint density at radius 2 is 1.96 bits per heavy atom. The first kappa shape index (κ1) is 17.5. The highest BCUT2D eigenvalue weighted by Gasteiger charge is 2.15. The van der Waals surface area contributed by atoms with E-state index in [1.807, 2.05) is 0 Å². The quantitative estimate of drug-likeness (QED) is 0.568. The van der Waals surface area contributed by atoms with Crippen LogP contribution in [0.4, 0.5) is 5.69 Å². The van der Waals surface area contributed by atoms with Gasteiger partial charge in [0.2, 0.25) is 0 Å². The summed E-state index contributed by atoms with van der Waals surface area (Å²) in [7, 11) is 0. The summed E-state index contributed by atoms with van der Waals surface area (Å²) in [6.07, 6.45) is 8.10. The fourth-order valence-electron chi connectivity index (χ4n) is 3.80. The van der Waals surface area contributed by atoms with Crippen molar-refractivity contribution in [2.75, 3.05) is 5.32 Å². The van der Waals surface area contributed by atoms with Gasteiger partial charge in [0.15, 0.2) is 0 Å². The van der Waals surface area contributed by atoms with Gasteiger partial charge >= 0.3 is 0 Å². The predicted octanol–water partition coefficient (Wildman–Crippen LogP) is 6.37. The Labute approximate surface area is 151 Å². The van der Waals surface area contributed by atoms with E-state index in [1.165, 1.54) is 47.7 Å². The van der Waals surface area contributed by atoms with Crippen molar-refractivity contribution >= 4 is 11.9 Å². The molecule has 0 amide bonds. The number of aryl methyl sites for hydroxylation is 1. The van der Waals surface area contributed by atoms with Crippen molar-refractivity contribution in [1.82, 2.24) is 0 Å². The molecule has 0 bridgehead atoms. The van der Waals surface area contributed by atoms with Gasteiger partial charge < -0.3 is 10.7 Å². The standard InChI is InChI=1S/C23H28N2/c1-3-8-19(16-24)23(4-2)25-20-12-5-11-18(15-20)22-14-7-10-17-9-6-13-21(17)22/h5,7,10-12,14-16,24-25H,3-4,6,8-9,13H2,1-2H3/b23-19-,24-16?. The molecule has 25 heavy (non-hydrogen) atoms. The first-order valence-electron chi connectivity index (χ1n) is 9.47. The number of fused-ring (bicyclic) bond motifs is 1. The molecular formula is C23H28N2. The first-order valence-corrected chi connectivity index (χ1v) is 9.47. The Morgan fingerprint density at radius 1 is 1.12 bits per heavy atom. The highest BCUT2D eigenvalue weighted by molar-refractivity contribution is 5.79. The molecule has 2 aromatic carbocycles. The average molecular weight is 332 g/mol. The van der Waals surface area contributed by atoms with Crippen LogP contribution < -0.4 is 5.32 Å². The van der Waals surface area contributed by atoms with Gasteiger partial charge in [0, 0.05) is 17.6 Å². The van der Waals surface area contributed by atoms with E-state index in [4.69, 9.17) is 5.41 Å². The molecule has 0 atom stereocenters. The van der Waals surface area contributed by atoms with E-state index in [0.717, 1.165) is 36.2 Å². The summed E-state index contributed by atoms with van der Waals surface area (Å²) < 4.78 is 0. The van der Waals surface area contributed by atoms with Crippen LogP contribution in [0.25, 0.3) is 11.1 Å². The second-order valence-corrected chi connectivity index (χ2v) is 6.75. The molecule has 0 saturated carbocycles. The zero-order chi connectivity index (χ0) is 17.6. The van der Waals surface area contributed by atoms with Gasteiger partial charge in [0.25, 0.3) is 0 Å². The van der Waals surface area contributed by atoms with Crippen LogP contribution in [0.3, 0.4) is 0 Å². The minimum absolute atomic E-state index is 0.912. The van der Waals surface area contributed by atoms with Gasteiger partial charge in [-0.1, -0.05) is 50.6 Å². The van der Waals surface area contributed by atoms with Crippen LogP contribution in [0.15, 0.2) is 53.7 Å². The zero-order valence-corrected chi connectivity index (χ0v) is 15.4. The average Bonchev–Trinajstić information content (AvgIpc) is 3.13. The van der Waals surface area contributed by atoms with E-state index in [2.05, 4.69) is 61.6 Å². The largest absolute Gasteiger partial charge is 0.359 e. The molecule has 2 nitrogen and oxygen atoms in total. The Kier molecular flexibility index (Phi) is 5.70. The molecule has 0 radical (unpaired) electrons. The highest BCUT2D eigenvalue weighted by Crippen LogP contribution is 2.33. The fraction of sp³-hybridized carbons (Fsp3) is 0.348.